The maximum atomic E-state index is 12.9. The van der Waals surface area contributed by atoms with Crippen LogP contribution in [0.3, 0.4) is 0 Å². The van der Waals surface area contributed by atoms with Gasteiger partial charge < -0.3 is 9.47 Å². The molecule has 0 spiro atoms. The van der Waals surface area contributed by atoms with Crippen molar-refractivity contribution in [1.29, 1.82) is 0 Å². The molecular formula is C13H12FNO3. The number of benzene rings is 1. The zero-order valence-corrected chi connectivity index (χ0v) is 9.74. The maximum absolute atomic E-state index is 12.9. The molecule has 18 heavy (non-hydrogen) atoms. The molecule has 0 saturated heterocycles. The van der Waals surface area contributed by atoms with Gasteiger partial charge in [-0.25, -0.2) is 9.18 Å². The van der Waals surface area contributed by atoms with Crippen LogP contribution >= 0.6 is 0 Å². The molecular weight excluding hydrogens is 237 g/mol. The maximum Gasteiger partial charge on any atom is 0.235 e. The van der Waals surface area contributed by atoms with E-state index < -0.39 is 12.2 Å². The number of carbonyl (C=O) groups excluding carboxylic acids is 1. The normalized spacial score (nSPS) is 18.9. The van der Waals surface area contributed by atoms with Gasteiger partial charge in [0.2, 0.25) is 6.08 Å². The number of aliphatic imine (C=N–C) groups is 1. The van der Waals surface area contributed by atoms with Gasteiger partial charge in [0, 0.05) is 5.56 Å². The Hall–Kier alpha value is -1.87. The van der Waals surface area contributed by atoms with E-state index in [2.05, 4.69) is 4.99 Å². The summed E-state index contributed by atoms with van der Waals surface area (Å²) in [6, 6.07) is 3.35. The lowest BCUT2D eigenvalue weighted by molar-refractivity contribution is 0.168. The largest absolute Gasteiger partial charge is 0.486 e. The number of halogens is 1. The van der Waals surface area contributed by atoms with Crippen LogP contribution in [0.4, 0.5) is 4.39 Å². The molecule has 1 aliphatic heterocycles. The number of isocyanates is 1. The van der Waals surface area contributed by atoms with Gasteiger partial charge in [0.05, 0.1) is 0 Å². The molecule has 2 aliphatic rings. The third-order valence-electron chi connectivity index (χ3n) is 3.34. The van der Waals surface area contributed by atoms with E-state index in [1.54, 1.807) is 18.2 Å². The predicted molar refractivity (Wildman–Crippen MR) is 61.3 cm³/mol. The summed E-state index contributed by atoms with van der Waals surface area (Å²) in [6.45, 7) is 0.326. The van der Waals surface area contributed by atoms with Crippen LogP contribution in [0.15, 0.2) is 17.1 Å². The Morgan fingerprint density at radius 1 is 1.33 bits per heavy atom. The third-order valence-corrected chi connectivity index (χ3v) is 3.34. The average molecular weight is 249 g/mol. The molecule has 1 saturated carbocycles. The lowest BCUT2D eigenvalue weighted by atomic mass is 10.00. The van der Waals surface area contributed by atoms with E-state index >= 15 is 0 Å². The zero-order valence-electron chi connectivity index (χ0n) is 9.74. The lowest BCUT2D eigenvalue weighted by Crippen LogP contribution is -2.19. The fourth-order valence-electron chi connectivity index (χ4n) is 2.28. The highest BCUT2D eigenvalue weighted by Gasteiger charge is 2.48. The number of nitrogens with zero attached hydrogens (tertiary/aromatic N) is 1. The first-order chi connectivity index (χ1) is 8.79. The highest BCUT2D eigenvalue weighted by molar-refractivity contribution is 5.56. The fourth-order valence-corrected chi connectivity index (χ4v) is 2.28. The molecule has 0 radical (unpaired) electrons. The summed E-state index contributed by atoms with van der Waals surface area (Å²) in [6.07, 6.45) is 3.11. The second-order valence-corrected chi connectivity index (χ2v) is 4.54. The monoisotopic (exact) mass is 249 g/mol. The lowest BCUT2D eigenvalue weighted by Gasteiger charge is -2.24. The van der Waals surface area contributed by atoms with Crippen molar-refractivity contribution in [3.8, 4) is 11.5 Å². The van der Waals surface area contributed by atoms with Crippen molar-refractivity contribution < 1.29 is 18.7 Å². The molecule has 4 nitrogen and oxygen atoms in total. The number of alkyl halides is 1. The van der Waals surface area contributed by atoms with Crippen LogP contribution in [-0.4, -0.2) is 19.3 Å². The van der Waals surface area contributed by atoms with Gasteiger partial charge in [-0.1, -0.05) is 0 Å². The zero-order chi connectivity index (χ0) is 12.6. The Bertz CT molecular complexity index is 533. The van der Waals surface area contributed by atoms with Crippen LogP contribution < -0.4 is 9.47 Å². The fraction of sp³-hybridized carbons (Fsp3) is 0.462. The second-order valence-electron chi connectivity index (χ2n) is 4.54. The molecule has 1 aromatic carbocycles. The van der Waals surface area contributed by atoms with Crippen LogP contribution in [0.5, 0.6) is 11.5 Å². The molecule has 0 amide bonds. The summed E-state index contributed by atoms with van der Waals surface area (Å²) in [5.74, 6) is 1.13. The quantitative estimate of drug-likeness (QED) is 0.609. The first-order valence-electron chi connectivity index (χ1n) is 5.87. The van der Waals surface area contributed by atoms with Crippen LogP contribution in [0.25, 0.3) is 0 Å². The number of ether oxygens (including phenoxy) is 2. The summed E-state index contributed by atoms with van der Waals surface area (Å²) in [5.41, 5.74) is 0.690. The van der Waals surface area contributed by atoms with Gasteiger partial charge in [-0.2, -0.15) is 4.99 Å². The predicted octanol–water partition coefficient (Wildman–Crippen LogP) is 2.25. The molecule has 1 aliphatic carbocycles. The molecule has 0 atom stereocenters. The smallest absolute Gasteiger partial charge is 0.235 e. The molecule has 0 bridgehead atoms. The minimum atomic E-state index is -0.579. The van der Waals surface area contributed by atoms with Crippen LogP contribution in [0.2, 0.25) is 0 Å². The van der Waals surface area contributed by atoms with Crippen molar-refractivity contribution in [2.45, 2.75) is 25.1 Å². The Balaban J connectivity index is 2.15. The second kappa shape index (κ2) is 4.10. The van der Waals surface area contributed by atoms with Crippen LogP contribution in [0.1, 0.15) is 24.0 Å². The van der Waals surface area contributed by atoms with Gasteiger partial charge in [-0.15, -0.1) is 0 Å². The topological polar surface area (TPSA) is 47.9 Å². The van der Waals surface area contributed by atoms with Gasteiger partial charge in [-0.3, -0.25) is 0 Å². The number of fused-ring (bicyclic) bond motifs is 1. The van der Waals surface area contributed by atoms with E-state index in [0.29, 0.717) is 30.3 Å². The minimum Gasteiger partial charge on any atom is -0.486 e. The van der Waals surface area contributed by atoms with Crippen molar-refractivity contribution >= 4 is 6.08 Å². The van der Waals surface area contributed by atoms with E-state index in [-0.39, 0.29) is 0 Å². The van der Waals surface area contributed by atoms with Gasteiger partial charge in [0.15, 0.2) is 11.5 Å². The minimum absolute atomic E-state index is 0.451. The molecule has 0 aromatic heterocycles. The van der Waals surface area contributed by atoms with Crippen molar-refractivity contribution in [3.05, 3.63) is 23.3 Å². The molecule has 1 aromatic rings. The first kappa shape index (κ1) is 11.2. The average Bonchev–Trinajstić information content (AvgIpc) is 3.18. The Kier molecular flexibility index (Phi) is 2.56. The van der Waals surface area contributed by atoms with Gasteiger partial charge in [0.1, 0.15) is 25.4 Å². The molecule has 0 N–H and O–H groups in total. The van der Waals surface area contributed by atoms with Gasteiger partial charge in [0.25, 0.3) is 0 Å². The SMILES string of the molecule is O=C=NC1(c2cc(CF)cc3c2OCCO3)CC1. The summed E-state index contributed by atoms with van der Waals surface area (Å²) in [4.78, 5) is 14.4. The van der Waals surface area contributed by atoms with Crippen molar-refractivity contribution in [2.24, 2.45) is 4.99 Å². The Labute approximate surface area is 103 Å². The summed E-state index contributed by atoms with van der Waals surface area (Å²) >= 11 is 0. The summed E-state index contributed by atoms with van der Waals surface area (Å²) in [7, 11) is 0. The molecule has 1 heterocycles. The number of rotatable bonds is 3. The number of hydrogen-bond donors (Lipinski definition) is 0. The first-order valence-corrected chi connectivity index (χ1v) is 5.87. The molecule has 0 unspecified atom stereocenters. The highest BCUT2D eigenvalue weighted by atomic mass is 19.1. The van der Waals surface area contributed by atoms with Crippen LogP contribution in [0, 0.1) is 0 Å². The van der Waals surface area contributed by atoms with E-state index in [4.69, 9.17) is 9.47 Å². The summed E-state index contributed by atoms with van der Waals surface area (Å²) in [5, 5.41) is 0. The summed E-state index contributed by atoms with van der Waals surface area (Å²) < 4.78 is 23.9. The van der Waals surface area contributed by atoms with Gasteiger partial charge >= 0.3 is 0 Å². The van der Waals surface area contributed by atoms with Gasteiger partial charge in [-0.05, 0) is 30.5 Å². The standard InChI is InChI=1S/C13H12FNO3/c14-7-9-5-10(13(1-2-13)15-8-16)12-11(6-9)17-3-4-18-12/h5-6H,1-4,7H2. The van der Waals surface area contributed by atoms with Crippen molar-refractivity contribution in [2.75, 3.05) is 13.2 Å². The van der Waals surface area contributed by atoms with E-state index in [1.807, 2.05) is 0 Å². The van der Waals surface area contributed by atoms with E-state index in [1.165, 1.54) is 0 Å². The van der Waals surface area contributed by atoms with Crippen molar-refractivity contribution in [3.63, 3.8) is 0 Å². The van der Waals surface area contributed by atoms with Crippen LogP contribution in [-0.2, 0) is 17.0 Å². The highest BCUT2D eigenvalue weighted by Crippen LogP contribution is 2.55. The Morgan fingerprint density at radius 3 is 2.78 bits per heavy atom. The third kappa shape index (κ3) is 1.68. The molecule has 94 valence electrons. The van der Waals surface area contributed by atoms with E-state index in [0.717, 1.165) is 18.4 Å². The molecule has 3 rings (SSSR count). The van der Waals surface area contributed by atoms with Crippen molar-refractivity contribution in [1.82, 2.24) is 0 Å². The molecule has 5 heteroatoms. The molecule has 1 fully saturated rings. The van der Waals surface area contributed by atoms with E-state index in [9.17, 15) is 9.18 Å². The number of hydrogen-bond acceptors (Lipinski definition) is 4. The Morgan fingerprint density at radius 2 is 2.11 bits per heavy atom.